The minimum absolute atomic E-state index is 0.0391. The first-order chi connectivity index (χ1) is 9.97. The van der Waals surface area contributed by atoms with Gasteiger partial charge in [0.2, 0.25) is 0 Å². The molecule has 0 saturated heterocycles. The summed E-state index contributed by atoms with van der Waals surface area (Å²) in [7, 11) is 3.06. The summed E-state index contributed by atoms with van der Waals surface area (Å²) in [6.07, 6.45) is -0.267. The standard InChI is InChI=1S/C13H17IN2O5/c1-20-7-9(21-2)6-15-13(19)16-11-4-3-8(14)5-10(11)12(17)18/h3-5,9H,6-7H2,1-2H3,(H,17,18)(H2,15,16,19). The van der Waals surface area contributed by atoms with E-state index in [1.807, 2.05) is 22.6 Å². The van der Waals surface area contributed by atoms with Crippen LogP contribution in [0.15, 0.2) is 18.2 Å². The molecule has 0 heterocycles. The summed E-state index contributed by atoms with van der Waals surface area (Å²) in [4.78, 5) is 22.9. The Morgan fingerprint density at radius 3 is 2.67 bits per heavy atom. The minimum Gasteiger partial charge on any atom is -0.478 e. The number of anilines is 1. The highest BCUT2D eigenvalue weighted by molar-refractivity contribution is 14.1. The van der Waals surface area contributed by atoms with E-state index < -0.39 is 12.0 Å². The molecule has 0 aromatic heterocycles. The van der Waals surface area contributed by atoms with Crippen LogP contribution in [0.25, 0.3) is 0 Å². The molecule has 0 spiro atoms. The molecule has 3 N–H and O–H groups in total. The number of carboxylic acid groups (broad SMARTS) is 1. The largest absolute Gasteiger partial charge is 0.478 e. The van der Waals surface area contributed by atoms with Crippen molar-refractivity contribution in [1.29, 1.82) is 0 Å². The molecule has 0 fully saturated rings. The van der Waals surface area contributed by atoms with Crippen molar-refractivity contribution in [2.45, 2.75) is 6.10 Å². The number of hydrogen-bond acceptors (Lipinski definition) is 4. The molecule has 2 amide bonds. The fourth-order valence-electron chi connectivity index (χ4n) is 1.57. The third-order valence-electron chi connectivity index (χ3n) is 2.64. The molecular weight excluding hydrogens is 391 g/mol. The zero-order valence-electron chi connectivity index (χ0n) is 11.7. The van der Waals surface area contributed by atoms with E-state index in [-0.39, 0.29) is 23.9 Å². The Bertz CT molecular complexity index is 509. The lowest BCUT2D eigenvalue weighted by Crippen LogP contribution is -2.38. The maximum atomic E-state index is 11.8. The molecule has 8 heteroatoms. The molecule has 1 rings (SSSR count). The number of urea groups is 1. The van der Waals surface area contributed by atoms with Crippen molar-refractivity contribution in [2.75, 3.05) is 32.7 Å². The molecule has 1 atom stereocenters. The van der Waals surface area contributed by atoms with Crippen molar-refractivity contribution in [2.24, 2.45) is 0 Å². The van der Waals surface area contributed by atoms with Gasteiger partial charge in [0.25, 0.3) is 0 Å². The van der Waals surface area contributed by atoms with Crippen LogP contribution >= 0.6 is 22.6 Å². The molecule has 1 unspecified atom stereocenters. The number of amides is 2. The third-order valence-corrected chi connectivity index (χ3v) is 3.31. The molecule has 7 nitrogen and oxygen atoms in total. The van der Waals surface area contributed by atoms with Gasteiger partial charge in [-0.1, -0.05) is 0 Å². The molecule has 0 aliphatic carbocycles. The predicted molar refractivity (Wildman–Crippen MR) is 85.8 cm³/mol. The third kappa shape index (κ3) is 5.86. The molecule has 0 radical (unpaired) electrons. The summed E-state index contributed by atoms with van der Waals surface area (Å²) < 4.78 is 10.8. The van der Waals surface area contributed by atoms with Gasteiger partial charge < -0.3 is 25.2 Å². The number of hydrogen-bond donors (Lipinski definition) is 3. The Morgan fingerprint density at radius 1 is 1.38 bits per heavy atom. The average Bonchev–Trinajstić information content (AvgIpc) is 2.45. The minimum atomic E-state index is -1.10. The smallest absolute Gasteiger partial charge is 0.337 e. The van der Waals surface area contributed by atoms with E-state index >= 15 is 0 Å². The molecular formula is C13H17IN2O5. The van der Waals surface area contributed by atoms with Crippen molar-refractivity contribution in [1.82, 2.24) is 5.32 Å². The van der Waals surface area contributed by atoms with Crippen molar-refractivity contribution in [3.05, 3.63) is 27.3 Å². The SMILES string of the molecule is COCC(CNC(=O)Nc1ccc(I)cc1C(=O)O)OC. The Kier molecular flexibility index (Phi) is 7.40. The number of methoxy groups -OCH3 is 2. The average molecular weight is 408 g/mol. The fourth-order valence-corrected chi connectivity index (χ4v) is 2.06. The van der Waals surface area contributed by atoms with E-state index in [1.165, 1.54) is 20.3 Å². The number of nitrogens with one attached hydrogen (secondary N) is 2. The van der Waals surface area contributed by atoms with Crippen LogP contribution < -0.4 is 10.6 Å². The van der Waals surface area contributed by atoms with Crippen LogP contribution in [0.2, 0.25) is 0 Å². The molecule has 116 valence electrons. The van der Waals surface area contributed by atoms with E-state index in [0.717, 1.165) is 3.57 Å². The van der Waals surface area contributed by atoms with Gasteiger partial charge in [-0.15, -0.1) is 0 Å². The Morgan fingerprint density at radius 2 is 2.10 bits per heavy atom. The van der Waals surface area contributed by atoms with Crippen molar-refractivity contribution >= 4 is 40.3 Å². The van der Waals surface area contributed by atoms with E-state index in [0.29, 0.717) is 6.61 Å². The molecule has 1 aromatic rings. The Balaban J connectivity index is 2.65. The van der Waals surface area contributed by atoms with Gasteiger partial charge in [0, 0.05) is 24.3 Å². The zero-order chi connectivity index (χ0) is 15.8. The van der Waals surface area contributed by atoms with Crippen molar-refractivity contribution in [3.8, 4) is 0 Å². The maximum absolute atomic E-state index is 11.8. The topological polar surface area (TPSA) is 96.9 Å². The highest BCUT2D eigenvalue weighted by Crippen LogP contribution is 2.18. The predicted octanol–water partition coefficient (Wildman–Crippen LogP) is 1.77. The van der Waals surface area contributed by atoms with Gasteiger partial charge in [-0.2, -0.15) is 0 Å². The lowest BCUT2D eigenvalue weighted by atomic mass is 10.2. The normalized spacial score (nSPS) is 11.8. The Labute approximate surface area is 136 Å². The van der Waals surface area contributed by atoms with Gasteiger partial charge in [0.05, 0.1) is 24.0 Å². The highest BCUT2D eigenvalue weighted by atomic mass is 127. The number of carboxylic acids is 1. The van der Waals surface area contributed by atoms with E-state index in [4.69, 9.17) is 14.6 Å². The molecule has 0 aliphatic heterocycles. The summed E-state index contributed by atoms with van der Waals surface area (Å²) in [5.41, 5.74) is 0.276. The van der Waals surface area contributed by atoms with Crippen LogP contribution in [0, 0.1) is 3.57 Å². The molecule has 1 aromatic carbocycles. The van der Waals surface area contributed by atoms with E-state index in [2.05, 4.69) is 10.6 Å². The van der Waals surface area contributed by atoms with Crippen LogP contribution in [0.1, 0.15) is 10.4 Å². The van der Waals surface area contributed by atoms with Crippen molar-refractivity contribution < 1.29 is 24.2 Å². The zero-order valence-corrected chi connectivity index (χ0v) is 13.8. The highest BCUT2D eigenvalue weighted by Gasteiger charge is 2.14. The lowest BCUT2D eigenvalue weighted by Gasteiger charge is -2.16. The first-order valence-electron chi connectivity index (χ1n) is 6.07. The van der Waals surface area contributed by atoms with Gasteiger partial charge in [-0.25, -0.2) is 9.59 Å². The van der Waals surface area contributed by atoms with E-state index in [9.17, 15) is 9.59 Å². The number of benzene rings is 1. The Hall–Kier alpha value is -1.39. The summed E-state index contributed by atoms with van der Waals surface area (Å²) in [5.74, 6) is -1.10. The molecule has 0 saturated carbocycles. The molecule has 0 bridgehead atoms. The van der Waals surface area contributed by atoms with Gasteiger partial charge in [-0.3, -0.25) is 0 Å². The number of halogens is 1. The number of carbonyl (C=O) groups is 2. The van der Waals surface area contributed by atoms with Gasteiger partial charge in [-0.05, 0) is 40.8 Å². The van der Waals surface area contributed by atoms with Crippen LogP contribution in [-0.2, 0) is 9.47 Å². The van der Waals surface area contributed by atoms with Gasteiger partial charge in [0.1, 0.15) is 0 Å². The first-order valence-corrected chi connectivity index (χ1v) is 7.15. The number of rotatable bonds is 7. The van der Waals surface area contributed by atoms with Crippen LogP contribution in [-0.4, -0.2) is 50.6 Å². The van der Waals surface area contributed by atoms with Gasteiger partial charge in [0.15, 0.2) is 0 Å². The number of ether oxygens (including phenoxy) is 2. The fraction of sp³-hybridized carbons (Fsp3) is 0.385. The number of aromatic carboxylic acids is 1. The first kappa shape index (κ1) is 17.7. The maximum Gasteiger partial charge on any atom is 0.337 e. The second-order valence-corrected chi connectivity index (χ2v) is 5.39. The van der Waals surface area contributed by atoms with Crippen molar-refractivity contribution in [3.63, 3.8) is 0 Å². The quantitative estimate of drug-likeness (QED) is 0.598. The molecule has 21 heavy (non-hydrogen) atoms. The second kappa shape index (κ2) is 8.80. The lowest BCUT2D eigenvalue weighted by molar-refractivity contribution is 0.0307. The second-order valence-electron chi connectivity index (χ2n) is 4.14. The summed E-state index contributed by atoms with van der Waals surface area (Å²) in [6.45, 7) is 0.601. The van der Waals surface area contributed by atoms with Crippen LogP contribution in [0.3, 0.4) is 0 Å². The summed E-state index contributed by atoms with van der Waals surface area (Å²) >= 11 is 2.01. The number of carbonyl (C=O) groups excluding carboxylic acids is 1. The summed E-state index contributed by atoms with van der Waals surface area (Å²) in [5, 5.41) is 14.2. The van der Waals surface area contributed by atoms with E-state index in [1.54, 1.807) is 12.1 Å². The summed E-state index contributed by atoms with van der Waals surface area (Å²) in [6, 6.07) is 4.25. The van der Waals surface area contributed by atoms with Crippen LogP contribution in [0.4, 0.5) is 10.5 Å². The molecule has 0 aliphatic rings. The monoisotopic (exact) mass is 408 g/mol. The van der Waals surface area contributed by atoms with Crippen LogP contribution in [0.5, 0.6) is 0 Å². The van der Waals surface area contributed by atoms with Gasteiger partial charge >= 0.3 is 12.0 Å².